The van der Waals surface area contributed by atoms with Crippen molar-refractivity contribution in [1.29, 1.82) is 0 Å². The summed E-state index contributed by atoms with van der Waals surface area (Å²) in [6, 6.07) is 12.0. The molecule has 2 aromatic carbocycles. The van der Waals surface area contributed by atoms with Crippen molar-refractivity contribution in [3.8, 4) is 11.5 Å². The molecule has 0 fully saturated rings. The number of anilines is 1. The Morgan fingerprint density at radius 1 is 1.03 bits per heavy atom. The molecule has 3 aromatic rings. The quantitative estimate of drug-likeness (QED) is 0.660. The van der Waals surface area contributed by atoms with Crippen LogP contribution in [0, 0.1) is 0 Å². The van der Waals surface area contributed by atoms with Crippen molar-refractivity contribution in [3.63, 3.8) is 0 Å². The van der Waals surface area contributed by atoms with Crippen molar-refractivity contribution in [2.45, 2.75) is 12.8 Å². The lowest BCUT2D eigenvalue weighted by atomic mass is 9.81. The molecule has 2 aliphatic rings. The maximum atomic E-state index is 13.5. The Labute approximate surface area is 183 Å². The van der Waals surface area contributed by atoms with Gasteiger partial charge < -0.3 is 15.2 Å². The Balaban J connectivity index is 1.86. The van der Waals surface area contributed by atoms with Gasteiger partial charge in [0.2, 0.25) is 0 Å². The summed E-state index contributed by atoms with van der Waals surface area (Å²) in [5.41, 5.74) is 2.22. The van der Waals surface area contributed by atoms with E-state index in [1.807, 2.05) is 12.1 Å². The Hall–Kier alpha value is -4.07. The molecular weight excluding hydrogens is 410 g/mol. The number of aromatic hydroxyl groups is 1. The van der Waals surface area contributed by atoms with Crippen molar-refractivity contribution in [3.05, 3.63) is 91.1 Å². The molecule has 5 rings (SSSR count). The van der Waals surface area contributed by atoms with Crippen LogP contribution in [0.4, 0.5) is 5.82 Å². The average molecular weight is 431 g/mol. The minimum absolute atomic E-state index is 0.0339. The molecule has 0 saturated heterocycles. The number of ketones is 1. The highest BCUT2D eigenvalue weighted by molar-refractivity contribution is 6.23. The Morgan fingerprint density at radius 3 is 2.47 bits per heavy atom. The molecule has 0 amide bonds. The molecule has 2 heterocycles. The summed E-state index contributed by atoms with van der Waals surface area (Å²) in [5.74, 6) is -0.352. The average Bonchev–Trinajstić information content (AvgIpc) is 3.09. The van der Waals surface area contributed by atoms with Crippen LogP contribution in [0.5, 0.6) is 11.5 Å². The van der Waals surface area contributed by atoms with E-state index in [4.69, 9.17) is 4.74 Å². The number of benzene rings is 2. The Morgan fingerprint density at radius 2 is 1.75 bits per heavy atom. The molecule has 8 nitrogen and oxygen atoms in total. The number of phenols is 1. The lowest BCUT2D eigenvalue weighted by Gasteiger charge is -2.30. The van der Waals surface area contributed by atoms with Crippen LogP contribution in [0.15, 0.2) is 57.6 Å². The normalized spacial score (nSPS) is 16.3. The molecule has 0 unspecified atom stereocenters. The number of aromatic nitrogens is 2. The molecule has 0 radical (unpaired) electrons. The Kier molecular flexibility index (Phi) is 4.33. The van der Waals surface area contributed by atoms with E-state index in [1.54, 1.807) is 38.2 Å². The van der Waals surface area contributed by atoms with Crippen molar-refractivity contribution < 1.29 is 14.6 Å². The first-order valence-corrected chi connectivity index (χ1v) is 10.3. The fourth-order valence-corrected chi connectivity index (χ4v) is 4.57. The van der Waals surface area contributed by atoms with Gasteiger partial charge in [-0.05, 0) is 24.6 Å². The number of hydrogen-bond donors (Lipinski definition) is 2. The number of allylic oxidation sites excluding steroid dienone is 1. The SMILES string of the molecule is CCOc1cc([C@H]2C3=C(Nc4c2c(=O)n(C)c(=O)n4C)c2ccccc2C3=O)ccc1O. The molecule has 1 aromatic heterocycles. The topological polar surface area (TPSA) is 103 Å². The second-order valence-corrected chi connectivity index (χ2v) is 7.85. The van der Waals surface area contributed by atoms with Gasteiger partial charge >= 0.3 is 5.69 Å². The zero-order valence-electron chi connectivity index (χ0n) is 17.8. The maximum absolute atomic E-state index is 13.5. The third kappa shape index (κ3) is 2.59. The number of phenolic OH excluding ortho intramolecular Hbond substituents is 1. The number of nitrogens with zero attached hydrogens (tertiary/aromatic N) is 2. The van der Waals surface area contributed by atoms with Gasteiger partial charge in [0.05, 0.1) is 17.9 Å². The zero-order chi connectivity index (χ0) is 22.7. The van der Waals surface area contributed by atoms with Crippen LogP contribution in [0.25, 0.3) is 5.70 Å². The van der Waals surface area contributed by atoms with Crippen molar-refractivity contribution >= 4 is 17.3 Å². The van der Waals surface area contributed by atoms with Crippen molar-refractivity contribution in [1.82, 2.24) is 9.13 Å². The van der Waals surface area contributed by atoms with Crippen LogP contribution in [0.3, 0.4) is 0 Å². The largest absolute Gasteiger partial charge is 0.504 e. The van der Waals surface area contributed by atoms with Gasteiger partial charge in [-0.3, -0.25) is 18.7 Å². The van der Waals surface area contributed by atoms with E-state index < -0.39 is 17.2 Å². The van der Waals surface area contributed by atoms with E-state index in [1.165, 1.54) is 17.7 Å². The number of fused-ring (bicyclic) bond motifs is 3. The molecular formula is C24H21N3O5. The van der Waals surface area contributed by atoms with Gasteiger partial charge in [-0.15, -0.1) is 0 Å². The van der Waals surface area contributed by atoms with Gasteiger partial charge in [0.25, 0.3) is 5.56 Å². The molecule has 1 aliphatic heterocycles. The van der Waals surface area contributed by atoms with E-state index in [9.17, 15) is 19.5 Å². The number of carbonyl (C=O) groups excluding carboxylic acids is 1. The fourth-order valence-electron chi connectivity index (χ4n) is 4.57. The molecule has 32 heavy (non-hydrogen) atoms. The molecule has 2 N–H and O–H groups in total. The van der Waals surface area contributed by atoms with Gasteiger partial charge in [0.15, 0.2) is 17.3 Å². The van der Waals surface area contributed by atoms with E-state index in [-0.39, 0.29) is 17.3 Å². The molecule has 1 aliphatic carbocycles. The van der Waals surface area contributed by atoms with Gasteiger partial charge in [-0.1, -0.05) is 30.3 Å². The first-order chi connectivity index (χ1) is 15.3. The molecule has 8 heteroatoms. The predicted molar refractivity (Wildman–Crippen MR) is 119 cm³/mol. The van der Waals surface area contributed by atoms with E-state index >= 15 is 0 Å². The van der Waals surface area contributed by atoms with E-state index in [0.29, 0.717) is 40.4 Å². The number of Topliss-reactive ketones (excluding diaryl/α,β-unsaturated/α-hetero) is 1. The van der Waals surface area contributed by atoms with Gasteiger partial charge in [0.1, 0.15) is 5.82 Å². The van der Waals surface area contributed by atoms with E-state index in [2.05, 4.69) is 5.32 Å². The third-order valence-corrected chi connectivity index (χ3v) is 6.09. The third-order valence-electron chi connectivity index (χ3n) is 6.09. The molecule has 0 saturated carbocycles. The molecule has 162 valence electrons. The summed E-state index contributed by atoms with van der Waals surface area (Å²) in [6.45, 7) is 2.14. The van der Waals surface area contributed by atoms with Crippen LogP contribution in [-0.4, -0.2) is 26.6 Å². The van der Waals surface area contributed by atoms with Gasteiger partial charge in [0, 0.05) is 36.7 Å². The minimum Gasteiger partial charge on any atom is -0.504 e. The molecule has 0 bridgehead atoms. The first kappa shape index (κ1) is 19.9. The highest BCUT2D eigenvalue weighted by Crippen LogP contribution is 2.48. The maximum Gasteiger partial charge on any atom is 0.332 e. The molecule has 1 atom stereocenters. The monoisotopic (exact) mass is 431 g/mol. The van der Waals surface area contributed by atoms with Crippen LogP contribution < -0.4 is 21.3 Å². The second-order valence-electron chi connectivity index (χ2n) is 7.85. The second kappa shape index (κ2) is 6.98. The summed E-state index contributed by atoms with van der Waals surface area (Å²) in [7, 11) is 3.00. The number of hydrogen-bond acceptors (Lipinski definition) is 6. The summed E-state index contributed by atoms with van der Waals surface area (Å²) < 4.78 is 7.96. The van der Waals surface area contributed by atoms with Crippen LogP contribution in [-0.2, 0) is 14.1 Å². The van der Waals surface area contributed by atoms with Gasteiger partial charge in [-0.25, -0.2) is 4.79 Å². The lowest BCUT2D eigenvalue weighted by molar-refractivity contribution is 0.103. The van der Waals surface area contributed by atoms with Gasteiger partial charge in [-0.2, -0.15) is 0 Å². The Bertz CT molecular complexity index is 1460. The standard InChI is InChI=1S/C24H21N3O5/c1-4-32-16-11-12(9-10-15(16)28)17-18-20(13-7-5-6-8-14(13)21(18)29)25-22-19(17)23(30)27(3)24(31)26(22)2/h5-11,17,25,28H,4H2,1-3H3/t17-/m0/s1. The summed E-state index contributed by atoms with van der Waals surface area (Å²) in [5, 5.41) is 13.4. The first-order valence-electron chi connectivity index (χ1n) is 10.3. The zero-order valence-corrected chi connectivity index (χ0v) is 17.8. The summed E-state index contributed by atoms with van der Waals surface area (Å²) in [6.07, 6.45) is 0. The molecule has 0 spiro atoms. The van der Waals surface area contributed by atoms with Crippen molar-refractivity contribution in [2.24, 2.45) is 14.1 Å². The van der Waals surface area contributed by atoms with Crippen LogP contribution in [0.1, 0.15) is 39.9 Å². The predicted octanol–water partition coefficient (Wildman–Crippen LogP) is 2.35. The smallest absolute Gasteiger partial charge is 0.332 e. The van der Waals surface area contributed by atoms with E-state index in [0.717, 1.165) is 10.1 Å². The summed E-state index contributed by atoms with van der Waals surface area (Å²) in [4.78, 5) is 39.4. The lowest BCUT2D eigenvalue weighted by Crippen LogP contribution is -2.42. The summed E-state index contributed by atoms with van der Waals surface area (Å²) >= 11 is 0. The van der Waals surface area contributed by atoms with Crippen LogP contribution in [0.2, 0.25) is 0 Å². The van der Waals surface area contributed by atoms with Crippen LogP contribution >= 0.6 is 0 Å². The number of ether oxygens (including phenoxy) is 1. The van der Waals surface area contributed by atoms with Crippen molar-refractivity contribution in [2.75, 3.05) is 11.9 Å². The number of carbonyl (C=O) groups is 1. The minimum atomic E-state index is -0.744. The highest BCUT2D eigenvalue weighted by Gasteiger charge is 2.42. The number of rotatable bonds is 3. The fraction of sp³-hybridized carbons (Fsp3) is 0.208. The highest BCUT2D eigenvalue weighted by atomic mass is 16.5. The number of nitrogens with one attached hydrogen (secondary N) is 1.